The van der Waals surface area contributed by atoms with Crippen molar-refractivity contribution < 1.29 is 4.79 Å². The Hall–Kier alpha value is -1.11. The number of hydrogen-bond donors (Lipinski definition) is 0. The molecule has 1 nitrogen and oxygen atoms in total. The van der Waals surface area contributed by atoms with E-state index in [9.17, 15) is 4.79 Å². The fourth-order valence-electron chi connectivity index (χ4n) is 3.42. The Kier molecular flexibility index (Phi) is 2.55. The summed E-state index contributed by atoms with van der Waals surface area (Å²) < 4.78 is 0. The molecule has 0 radical (unpaired) electrons. The number of carbonyl (C=O) groups is 1. The summed E-state index contributed by atoms with van der Waals surface area (Å²) in [4.78, 5) is 12.5. The minimum absolute atomic E-state index is 0.331. The zero-order valence-corrected chi connectivity index (χ0v) is 9.61. The number of rotatable bonds is 0. The van der Waals surface area contributed by atoms with Crippen LogP contribution in [0.4, 0.5) is 0 Å². The molecule has 0 aliphatic heterocycles. The molecule has 0 heterocycles. The predicted octanol–water partition coefficient (Wildman–Crippen LogP) is 3.62. The molecule has 0 unspecified atom stereocenters. The second-order valence-corrected chi connectivity index (χ2v) is 5.21. The molecule has 84 valence electrons. The van der Waals surface area contributed by atoms with Gasteiger partial charge in [-0.2, -0.15) is 0 Å². The van der Waals surface area contributed by atoms with Gasteiger partial charge in [-0.1, -0.05) is 37.1 Å². The number of hydrogen-bond acceptors (Lipinski definition) is 1. The molecule has 1 heteroatoms. The van der Waals surface area contributed by atoms with Crippen LogP contribution in [0.15, 0.2) is 24.3 Å². The van der Waals surface area contributed by atoms with Gasteiger partial charge in [0.05, 0.1) is 0 Å². The molecular weight excluding hydrogens is 196 g/mol. The lowest BCUT2D eigenvalue weighted by Gasteiger charge is -2.28. The number of aryl methyl sites for hydroxylation is 1. The van der Waals surface area contributed by atoms with E-state index in [2.05, 4.69) is 12.1 Å². The van der Waals surface area contributed by atoms with Crippen LogP contribution in [0.1, 0.15) is 48.0 Å². The van der Waals surface area contributed by atoms with E-state index >= 15 is 0 Å². The Balaban J connectivity index is 1.99. The molecule has 2 aliphatic carbocycles. The van der Waals surface area contributed by atoms with Crippen LogP contribution < -0.4 is 0 Å². The zero-order valence-electron chi connectivity index (χ0n) is 9.61. The normalized spacial score (nSPS) is 29.1. The molecule has 1 aromatic carbocycles. The lowest BCUT2D eigenvalue weighted by atomic mass is 9.75. The van der Waals surface area contributed by atoms with E-state index in [0.29, 0.717) is 17.6 Å². The molecular formula is C15H18O. The first kappa shape index (κ1) is 10.1. The van der Waals surface area contributed by atoms with Crippen LogP contribution in [-0.2, 0) is 6.42 Å². The first-order valence-electron chi connectivity index (χ1n) is 6.48. The fourth-order valence-corrected chi connectivity index (χ4v) is 3.42. The quantitative estimate of drug-likeness (QED) is 0.644. The van der Waals surface area contributed by atoms with Crippen LogP contribution >= 0.6 is 0 Å². The van der Waals surface area contributed by atoms with Crippen molar-refractivity contribution in [3.05, 3.63) is 35.4 Å². The highest BCUT2D eigenvalue weighted by Gasteiger charge is 2.34. The summed E-state index contributed by atoms with van der Waals surface area (Å²) >= 11 is 0. The van der Waals surface area contributed by atoms with Crippen molar-refractivity contribution in [2.24, 2.45) is 11.8 Å². The van der Waals surface area contributed by atoms with Crippen molar-refractivity contribution in [3.8, 4) is 0 Å². The molecule has 3 rings (SSSR count). The number of Topliss-reactive ketones (excluding diaryl/α,β-unsaturated/α-hetero) is 1. The Morgan fingerprint density at radius 3 is 2.75 bits per heavy atom. The molecule has 2 atom stereocenters. The zero-order chi connectivity index (χ0) is 11.0. The summed E-state index contributed by atoms with van der Waals surface area (Å²) in [5, 5.41) is 0. The number of benzene rings is 1. The smallest absolute Gasteiger partial charge is 0.166 e. The van der Waals surface area contributed by atoms with E-state index in [4.69, 9.17) is 0 Å². The minimum atomic E-state index is 0.331. The average Bonchev–Trinajstić information content (AvgIpc) is 2.49. The highest BCUT2D eigenvalue weighted by molar-refractivity contribution is 5.99. The van der Waals surface area contributed by atoms with Gasteiger partial charge in [-0.3, -0.25) is 4.79 Å². The van der Waals surface area contributed by atoms with Crippen LogP contribution in [0.2, 0.25) is 0 Å². The maximum atomic E-state index is 12.5. The van der Waals surface area contributed by atoms with Gasteiger partial charge in [0.25, 0.3) is 0 Å². The molecule has 0 bridgehead atoms. The van der Waals surface area contributed by atoms with Crippen LogP contribution in [0.25, 0.3) is 0 Å². The van der Waals surface area contributed by atoms with E-state index in [1.54, 1.807) is 0 Å². The lowest BCUT2D eigenvalue weighted by Crippen LogP contribution is -2.25. The van der Waals surface area contributed by atoms with E-state index in [-0.39, 0.29) is 0 Å². The molecule has 0 saturated heterocycles. The summed E-state index contributed by atoms with van der Waals surface area (Å²) in [7, 11) is 0. The highest BCUT2D eigenvalue weighted by Crippen LogP contribution is 2.38. The SMILES string of the molecule is O=C1c2ccccc2CC[C@@H]2CCCC[C@@H]12. The molecule has 0 spiro atoms. The van der Waals surface area contributed by atoms with Gasteiger partial charge in [-0.25, -0.2) is 0 Å². The van der Waals surface area contributed by atoms with Crippen LogP contribution in [0.5, 0.6) is 0 Å². The second kappa shape index (κ2) is 4.04. The first-order chi connectivity index (χ1) is 7.86. The van der Waals surface area contributed by atoms with Gasteiger partial charge < -0.3 is 0 Å². The maximum Gasteiger partial charge on any atom is 0.166 e. The van der Waals surface area contributed by atoms with E-state index in [1.165, 1.54) is 31.2 Å². The molecule has 0 amide bonds. The lowest BCUT2D eigenvalue weighted by molar-refractivity contribution is 0.0827. The Labute approximate surface area is 96.9 Å². The third-order valence-electron chi connectivity index (χ3n) is 4.31. The monoisotopic (exact) mass is 214 g/mol. The van der Waals surface area contributed by atoms with Crippen molar-refractivity contribution >= 4 is 5.78 Å². The maximum absolute atomic E-state index is 12.5. The highest BCUT2D eigenvalue weighted by atomic mass is 16.1. The Morgan fingerprint density at radius 1 is 1.00 bits per heavy atom. The Bertz CT molecular complexity index is 408. The van der Waals surface area contributed by atoms with Crippen LogP contribution in [0, 0.1) is 11.8 Å². The van der Waals surface area contributed by atoms with Gasteiger partial charge >= 0.3 is 0 Å². The molecule has 16 heavy (non-hydrogen) atoms. The molecule has 1 aromatic rings. The van der Waals surface area contributed by atoms with Gasteiger partial charge in [0, 0.05) is 11.5 Å². The van der Waals surface area contributed by atoms with Crippen molar-refractivity contribution in [1.82, 2.24) is 0 Å². The molecule has 1 fully saturated rings. The summed E-state index contributed by atoms with van der Waals surface area (Å²) in [6.45, 7) is 0. The standard InChI is InChI=1S/C15H18O/c16-15-13-7-3-1-5-11(13)9-10-12-6-2-4-8-14(12)15/h1,3,5,7,12,14H,2,4,6,8-10H2/t12-,14+/m0/s1. The third kappa shape index (κ3) is 1.59. The van der Waals surface area contributed by atoms with E-state index in [1.807, 2.05) is 12.1 Å². The average molecular weight is 214 g/mol. The summed E-state index contributed by atoms with van der Waals surface area (Å²) in [5.41, 5.74) is 2.29. The third-order valence-corrected chi connectivity index (χ3v) is 4.31. The van der Waals surface area contributed by atoms with Crippen molar-refractivity contribution in [2.45, 2.75) is 38.5 Å². The number of ketones is 1. The second-order valence-electron chi connectivity index (χ2n) is 5.21. The fraction of sp³-hybridized carbons (Fsp3) is 0.533. The van der Waals surface area contributed by atoms with Crippen molar-refractivity contribution in [2.75, 3.05) is 0 Å². The predicted molar refractivity (Wildman–Crippen MR) is 64.5 cm³/mol. The minimum Gasteiger partial charge on any atom is -0.294 e. The molecule has 1 saturated carbocycles. The molecule has 0 N–H and O–H groups in total. The van der Waals surface area contributed by atoms with Gasteiger partial charge in [0.2, 0.25) is 0 Å². The van der Waals surface area contributed by atoms with E-state index in [0.717, 1.165) is 18.4 Å². The van der Waals surface area contributed by atoms with Gasteiger partial charge in [-0.05, 0) is 37.2 Å². The van der Waals surface area contributed by atoms with Gasteiger partial charge in [0.1, 0.15) is 0 Å². The van der Waals surface area contributed by atoms with Crippen molar-refractivity contribution in [1.29, 1.82) is 0 Å². The van der Waals surface area contributed by atoms with Gasteiger partial charge in [0.15, 0.2) is 5.78 Å². The number of fused-ring (bicyclic) bond motifs is 2. The van der Waals surface area contributed by atoms with Gasteiger partial charge in [-0.15, -0.1) is 0 Å². The Morgan fingerprint density at radius 2 is 1.81 bits per heavy atom. The largest absolute Gasteiger partial charge is 0.294 e. The number of carbonyl (C=O) groups excluding carboxylic acids is 1. The molecule has 0 aromatic heterocycles. The molecule has 2 aliphatic rings. The van der Waals surface area contributed by atoms with E-state index < -0.39 is 0 Å². The summed E-state index contributed by atoms with van der Waals surface area (Å²) in [6.07, 6.45) is 7.28. The van der Waals surface area contributed by atoms with Crippen molar-refractivity contribution in [3.63, 3.8) is 0 Å². The van der Waals surface area contributed by atoms with Crippen LogP contribution in [0.3, 0.4) is 0 Å². The summed E-state index contributed by atoms with van der Waals surface area (Å²) in [6, 6.07) is 8.21. The topological polar surface area (TPSA) is 17.1 Å². The first-order valence-corrected chi connectivity index (χ1v) is 6.48. The van der Waals surface area contributed by atoms with Crippen LogP contribution in [-0.4, -0.2) is 5.78 Å². The summed E-state index contributed by atoms with van der Waals surface area (Å²) in [5.74, 6) is 1.42.